The second kappa shape index (κ2) is 17.3. The Balaban J connectivity index is 0.836. The van der Waals surface area contributed by atoms with E-state index in [1.807, 2.05) is 0 Å². The lowest BCUT2D eigenvalue weighted by Crippen LogP contribution is -2.17. The summed E-state index contributed by atoms with van der Waals surface area (Å²) in [5.41, 5.74) is 15.5. The number of nitrogens with zero attached hydrogens (tertiary/aromatic N) is 2. The summed E-state index contributed by atoms with van der Waals surface area (Å²) in [6.45, 7) is 0. The van der Waals surface area contributed by atoms with E-state index in [9.17, 15) is 0 Å². The van der Waals surface area contributed by atoms with E-state index >= 15 is 0 Å². The van der Waals surface area contributed by atoms with Crippen molar-refractivity contribution in [3.05, 3.63) is 272 Å². The molecule has 1 unspecified atom stereocenters. The first-order valence-electron chi connectivity index (χ1n) is 22.2. The van der Waals surface area contributed by atoms with Crippen LogP contribution in [0.4, 0.5) is 28.4 Å². The van der Waals surface area contributed by atoms with Crippen LogP contribution < -0.4 is 9.80 Å². The van der Waals surface area contributed by atoms with Crippen LogP contribution in [0.2, 0.25) is 0 Å². The summed E-state index contributed by atoms with van der Waals surface area (Å²) in [6, 6.07) is 87.7. The van der Waals surface area contributed by atoms with Gasteiger partial charge in [0.1, 0.15) is 0 Å². The molecule has 304 valence electrons. The molecule has 1 aliphatic rings. The highest BCUT2D eigenvalue weighted by molar-refractivity contribution is 5.98. The predicted molar refractivity (Wildman–Crippen MR) is 272 cm³/mol. The fourth-order valence-corrected chi connectivity index (χ4v) is 9.36. The van der Waals surface area contributed by atoms with Crippen LogP contribution in [0.3, 0.4) is 0 Å². The van der Waals surface area contributed by atoms with Crippen LogP contribution in [0.25, 0.3) is 54.9 Å². The molecule has 2 nitrogen and oxygen atoms in total. The standard InChI is InChI=1S/C62H46N2/c1-3-20-53(21-4-1)63(57-40-32-49(33-41-57)61-26-12-16-47-14-7-9-24-59(47)61)55-36-28-45(29-37-55)51-18-11-19-52(44-51)46-30-38-56(39-31-46)64(54-22-5-2-6-23-54)58-42-34-50(35-43-58)62-27-13-17-48-15-8-10-25-60(48)62/h1-30,32-44,46H,31H2. The van der Waals surface area contributed by atoms with Crippen molar-refractivity contribution in [2.75, 3.05) is 9.80 Å². The Morgan fingerprint density at radius 1 is 0.328 bits per heavy atom. The normalized spacial score (nSPS) is 13.4. The summed E-state index contributed by atoms with van der Waals surface area (Å²) in [6.07, 6.45) is 7.98. The molecule has 0 aliphatic heterocycles. The zero-order valence-electron chi connectivity index (χ0n) is 35.5. The molecule has 2 heteroatoms. The van der Waals surface area contributed by atoms with Gasteiger partial charge in [0.05, 0.1) is 0 Å². The molecule has 64 heavy (non-hydrogen) atoms. The van der Waals surface area contributed by atoms with Crippen LogP contribution >= 0.6 is 0 Å². The number of hydrogen-bond donors (Lipinski definition) is 0. The highest BCUT2D eigenvalue weighted by Crippen LogP contribution is 2.40. The molecule has 0 bridgehead atoms. The zero-order valence-corrected chi connectivity index (χ0v) is 35.5. The van der Waals surface area contributed by atoms with E-state index in [1.165, 1.54) is 66.2 Å². The van der Waals surface area contributed by atoms with E-state index < -0.39 is 0 Å². The van der Waals surface area contributed by atoms with Gasteiger partial charge in [-0.2, -0.15) is 0 Å². The average molecular weight is 819 g/mol. The van der Waals surface area contributed by atoms with Gasteiger partial charge in [0.25, 0.3) is 0 Å². The molecule has 11 rings (SSSR count). The highest BCUT2D eigenvalue weighted by atomic mass is 15.1. The van der Waals surface area contributed by atoms with Crippen molar-refractivity contribution in [2.45, 2.75) is 12.3 Å². The third kappa shape index (κ3) is 7.67. The fraction of sp³-hybridized carbons (Fsp3) is 0.0323. The van der Waals surface area contributed by atoms with Crippen LogP contribution in [-0.4, -0.2) is 0 Å². The van der Waals surface area contributed by atoms with Gasteiger partial charge in [-0.25, -0.2) is 0 Å². The Morgan fingerprint density at radius 3 is 1.30 bits per heavy atom. The van der Waals surface area contributed by atoms with Gasteiger partial charge >= 0.3 is 0 Å². The lowest BCUT2D eigenvalue weighted by Gasteiger charge is -2.29. The molecule has 0 heterocycles. The molecule has 10 aromatic carbocycles. The van der Waals surface area contributed by atoms with Gasteiger partial charge in [0.15, 0.2) is 0 Å². The van der Waals surface area contributed by atoms with Crippen molar-refractivity contribution in [3.8, 4) is 33.4 Å². The van der Waals surface area contributed by atoms with Gasteiger partial charge in [-0.3, -0.25) is 0 Å². The minimum Gasteiger partial charge on any atom is -0.311 e. The maximum absolute atomic E-state index is 2.39. The molecular formula is C62H46N2. The third-order valence-corrected chi connectivity index (χ3v) is 12.6. The van der Waals surface area contributed by atoms with Crippen LogP contribution in [0.1, 0.15) is 17.9 Å². The minimum absolute atomic E-state index is 0.278. The van der Waals surface area contributed by atoms with Gasteiger partial charge in [0, 0.05) is 40.1 Å². The van der Waals surface area contributed by atoms with E-state index in [0.29, 0.717) is 0 Å². The minimum atomic E-state index is 0.278. The quantitative estimate of drug-likeness (QED) is 0.136. The van der Waals surface area contributed by atoms with Crippen LogP contribution in [0.15, 0.2) is 267 Å². The molecule has 0 saturated carbocycles. The Labute approximate surface area is 376 Å². The first kappa shape index (κ1) is 38.7. The fourth-order valence-electron chi connectivity index (χ4n) is 9.36. The molecular weight excluding hydrogens is 773 g/mol. The Bertz CT molecular complexity index is 3260. The largest absolute Gasteiger partial charge is 0.311 e. The average Bonchev–Trinajstić information content (AvgIpc) is 3.38. The zero-order chi connectivity index (χ0) is 42.7. The van der Waals surface area contributed by atoms with Gasteiger partial charge in [-0.15, -0.1) is 0 Å². The Hall–Kier alpha value is -8.20. The summed E-state index contributed by atoms with van der Waals surface area (Å²) in [5, 5.41) is 5.05. The van der Waals surface area contributed by atoms with Crippen molar-refractivity contribution in [3.63, 3.8) is 0 Å². The van der Waals surface area contributed by atoms with Crippen LogP contribution in [0, 0.1) is 0 Å². The van der Waals surface area contributed by atoms with Crippen LogP contribution in [0.5, 0.6) is 0 Å². The van der Waals surface area contributed by atoms with E-state index in [1.54, 1.807) is 0 Å². The molecule has 0 amide bonds. The van der Waals surface area contributed by atoms with Gasteiger partial charge in [0.2, 0.25) is 0 Å². The molecule has 0 fully saturated rings. The SMILES string of the molecule is C1=CC(c2cccc(-c3ccc(N(c4ccccc4)c4ccc(-c5cccc6ccccc56)cc4)cc3)c2)CC=C1N(c1ccccc1)c1ccc(-c2cccc3ccccc23)cc1. The molecule has 0 saturated heterocycles. The number of anilines is 5. The molecule has 1 atom stereocenters. The summed E-state index contributed by atoms with van der Waals surface area (Å²) in [4.78, 5) is 4.71. The number of para-hydroxylation sites is 2. The summed E-state index contributed by atoms with van der Waals surface area (Å²) >= 11 is 0. The number of fused-ring (bicyclic) bond motifs is 2. The lowest BCUT2D eigenvalue weighted by molar-refractivity contribution is 0.840. The second-order valence-electron chi connectivity index (χ2n) is 16.5. The van der Waals surface area contributed by atoms with E-state index in [0.717, 1.165) is 34.9 Å². The second-order valence-corrected chi connectivity index (χ2v) is 16.5. The number of allylic oxidation sites excluding steroid dienone is 3. The van der Waals surface area contributed by atoms with Crippen LogP contribution in [-0.2, 0) is 0 Å². The summed E-state index contributed by atoms with van der Waals surface area (Å²) in [7, 11) is 0. The predicted octanol–water partition coefficient (Wildman–Crippen LogP) is 17.2. The molecule has 0 N–H and O–H groups in total. The Kier molecular flexibility index (Phi) is 10.5. The van der Waals surface area contributed by atoms with Crippen molar-refractivity contribution in [1.82, 2.24) is 0 Å². The molecule has 0 aromatic heterocycles. The topological polar surface area (TPSA) is 6.48 Å². The van der Waals surface area contributed by atoms with Crippen molar-refractivity contribution < 1.29 is 0 Å². The number of rotatable bonds is 10. The molecule has 10 aromatic rings. The van der Waals surface area contributed by atoms with Gasteiger partial charge < -0.3 is 9.80 Å². The van der Waals surface area contributed by atoms with Gasteiger partial charge in [-0.1, -0.05) is 194 Å². The smallest absolute Gasteiger partial charge is 0.0462 e. The van der Waals surface area contributed by atoms with Gasteiger partial charge in [-0.05, 0) is 134 Å². The monoisotopic (exact) mass is 818 g/mol. The van der Waals surface area contributed by atoms with Crippen molar-refractivity contribution in [1.29, 1.82) is 0 Å². The lowest BCUT2D eigenvalue weighted by atomic mass is 9.89. The molecule has 0 spiro atoms. The summed E-state index contributed by atoms with van der Waals surface area (Å²) in [5.74, 6) is 0.278. The van der Waals surface area contributed by atoms with E-state index in [4.69, 9.17) is 0 Å². The first-order valence-corrected chi connectivity index (χ1v) is 22.2. The van der Waals surface area contributed by atoms with E-state index in [-0.39, 0.29) is 5.92 Å². The molecule has 1 aliphatic carbocycles. The maximum atomic E-state index is 2.39. The van der Waals surface area contributed by atoms with Crippen molar-refractivity contribution in [2.24, 2.45) is 0 Å². The van der Waals surface area contributed by atoms with Crippen molar-refractivity contribution >= 4 is 50.0 Å². The highest BCUT2D eigenvalue weighted by Gasteiger charge is 2.20. The number of benzene rings is 10. The maximum Gasteiger partial charge on any atom is 0.0462 e. The molecule has 0 radical (unpaired) electrons. The van der Waals surface area contributed by atoms with E-state index in [2.05, 4.69) is 271 Å². The Morgan fingerprint density at radius 2 is 0.766 bits per heavy atom. The summed E-state index contributed by atoms with van der Waals surface area (Å²) < 4.78 is 0. The number of hydrogen-bond acceptors (Lipinski definition) is 2. The third-order valence-electron chi connectivity index (χ3n) is 12.6. The first-order chi connectivity index (χ1) is 31.7.